The van der Waals surface area contributed by atoms with Gasteiger partial charge in [0.15, 0.2) is 11.4 Å². The molecule has 5 nitrogen and oxygen atoms in total. The Labute approximate surface area is 93.5 Å². The van der Waals surface area contributed by atoms with Crippen LogP contribution in [0.2, 0.25) is 0 Å². The normalized spacial score (nSPS) is 9.88. The van der Waals surface area contributed by atoms with Gasteiger partial charge in [0, 0.05) is 5.92 Å². The maximum absolute atomic E-state index is 10.9. The Kier molecular flexibility index (Phi) is 3.84. The van der Waals surface area contributed by atoms with Gasteiger partial charge in [-0.2, -0.15) is 0 Å². The molecule has 0 aliphatic rings. The quantitative estimate of drug-likeness (QED) is 0.774. The molecule has 1 rings (SSSR count). The molecule has 0 unspecified atom stereocenters. The third kappa shape index (κ3) is 2.70. The van der Waals surface area contributed by atoms with E-state index in [9.17, 15) is 4.79 Å². The molecular formula is C11H12N2O3. The van der Waals surface area contributed by atoms with E-state index in [4.69, 9.17) is 16.3 Å². The first-order valence-electron chi connectivity index (χ1n) is 4.72. The summed E-state index contributed by atoms with van der Waals surface area (Å²) in [7, 11) is 0. The highest BCUT2D eigenvalue weighted by Crippen LogP contribution is 2.18. The van der Waals surface area contributed by atoms with Crippen molar-refractivity contribution in [1.29, 1.82) is 0 Å². The van der Waals surface area contributed by atoms with Gasteiger partial charge in [0.25, 0.3) is 0 Å². The Morgan fingerprint density at radius 1 is 1.69 bits per heavy atom. The fraction of sp³-hybridized carbons (Fsp3) is 0.364. The third-order valence-corrected chi connectivity index (χ3v) is 1.80. The van der Waals surface area contributed by atoms with Crippen LogP contribution in [-0.4, -0.2) is 27.7 Å². The molecule has 0 aliphatic heterocycles. The lowest BCUT2D eigenvalue weighted by Gasteiger charge is -2.08. The number of nitrogens with zero attached hydrogens (tertiary/aromatic N) is 2. The fourth-order valence-electron chi connectivity index (χ4n) is 1.04. The van der Waals surface area contributed by atoms with Crippen molar-refractivity contribution in [1.82, 2.24) is 9.97 Å². The minimum atomic E-state index is -1.16. The molecule has 1 heterocycles. The molecular weight excluding hydrogens is 208 g/mol. The zero-order valence-electron chi connectivity index (χ0n) is 9.10. The van der Waals surface area contributed by atoms with Gasteiger partial charge in [-0.1, -0.05) is 19.8 Å². The summed E-state index contributed by atoms with van der Waals surface area (Å²) in [6.45, 7) is 3.75. The molecule has 0 aromatic carbocycles. The second-order valence-corrected chi connectivity index (χ2v) is 3.39. The van der Waals surface area contributed by atoms with Crippen LogP contribution in [0.25, 0.3) is 0 Å². The zero-order valence-corrected chi connectivity index (χ0v) is 9.10. The van der Waals surface area contributed by atoms with Gasteiger partial charge < -0.3 is 9.84 Å². The van der Waals surface area contributed by atoms with Crippen LogP contribution in [-0.2, 0) is 0 Å². The molecule has 1 aromatic rings. The molecule has 0 bridgehead atoms. The Morgan fingerprint density at radius 3 is 2.88 bits per heavy atom. The molecule has 0 spiro atoms. The average Bonchev–Trinajstić information content (AvgIpc) is 2.25. The molecule has 5 heteroatoms. The standard InChI is InChI=1S/C11H12N2O3/c1-4-5-16-8-6-12-10(7(2)3)13-9(8)11(14)15/h1,6-7H,5H2,2-3H3,(H,14,15). The number of aromatic nitrogens is 2. The third-order valence-electron chi connectivity index (χ3n) is 1.80. The summed E-state index contributed by atoms with van der Waals surface area (Å²) >= 11 is 0. The molecule has 16 heavy (non-hydrogen) atoms. The van der Waals surface area contributed by atoms with Crippen molar-refractivity contribution in [3.8, 4) is 18.1 Å². The van der Waals surface area contributed by atoms with E-state index in [-0.39, 0.29) is 24.0 Å². The van der Waals surface area contributed by atoms with Gasteiger partial charge in [-0.25, -0.2) is 14.8 Å². The number of carboxylic acid groups (broad SMARTS) is 1. The minimum Gasteiger partial charge on any atom is -0.477 e. The number of terminal acetylenes is 1. The van der Waals surface area contributed by atoms with E-state index in [0.29, 0.717) is 5.82 Å². The van der Waals surface area contributed by atoms with Gasteiger partial charge in [0.2, 0.25) is 0 Å². The van der Waals surface area contributed by atoms with Crippen LogP contribution in [0.5, 0.6) is 5.75 Å². The van der Waals surface area contributed by atoms with Gasteiger partial charge >= 0.3 is 5.97 Å². The molecule has 84 valence electrons. The number of hydrogen-bond acceptors (Lipinski definition) is 4. The highest BCUT2D eigenvalue weighted by atomic mass is 16.5. The predicted octanol–water partition coefficient (Wildman–Crippen LogP) is 1.31. The van der Waals surface area contributed by atoms with Crippen molar-refractivity contribution in [2.24, 2.45) is 0 Å². The van der Waals surface area contributed by atoms with Gasteiger partial charge in [0.1, 0.15) is 12.4 Å². The highest BCUT2D eigenvalue weighted by Gasteiger charge is 2.16. The van der Waals surface area contributed by atoms with Crippen molar-refractivity contribution >= 4 is 5.97 Å². The molecule has 0 saturated carbocycles. The molecule has 0 aliphatic carbocycles. The Morgan fingerprint density at radius 2 is 2.38 bits per heavy atom. The van der Waals surface area contributed by atoms with E-state index in [1.54, 1.807) is 0 Å². The summed E-state index contributed by atoms with van der Waals surface area (Å²) in [6, 6.07) is 0. The highest BCUT2D eigenvalue weighted by molar-refractivity contribution is 5.88. The summed E-state index contributed by atoms with van der Waals surface area (Å²) in [5.41, 5.74) is -0.158. The van der Waals surface area contributed by atoms with E-state index in [0.717, 1.165) is 0 Å². The fourth-order valence-corrected chi connectivity index (χ4v) is 1.04. The number of rotatable bonds is 4. The predicted molar refractivity (Wildman–Crippen MR) is 57.4 cm³/mol. The van der Waals surface area contributed by atoms with Crippen LogP contribution in [0.15, 0.2) is 6.20 Å². The van der Waals surface area contributed by atoms with Crippen LogP contribution in [0.3, 0.4) is 0 Å². The van der Waals surface area contributed by atoms with Crippen molar-refractivity contribution < 1.29 is 14.6 Å². The summed E-state index contributed by atoms with van der Waals surface area (Å²) in [5.74, 6) is 1.70. The van der Waals surface area contributed by atoms with Crippen LogP contribution in [0, 0.1) is 12.3 Å². The summed E-state index contributed by atoms with van der Waals surface area (Å²) in [6.07, 6.45) is 6.35. The molecule has 0 amide bonds. The molecule has 0 radical (unpaired) electrons. The molecule has 1 N–H and O–H groups in total. The maximum Gasteiger partial charge on any atom is 0.358 e. The number of aromatic carboxylic acids is 1. The largest absolute Gasteiger partial charge is 0.477 e. The first kappa shape index (κ1) is 12.0. The molecule has 0 saturated heterocycles. The maximum atomic E-state index is 10.9. The van der Waals surface area contributed by atoms with Crippen molar-refractivity contribution in [2.45, 2.75) is 19.8 Å². The number of carbonyl (C=O) groups is 1. The van der Waals surface area contributed by atoms with Gasteiger partial charge in [-0.3, -0.25) is 0 Å². The van der Waals surface area contributed by atoms with Crippen molar-refractivity contribution in [2.75, 3.05) is 6.61 Å². The Balaban J connectivity index is 3.10. The second kappa shape index (κ2) is 5.12. The molecule has 0 atom stereocenters. The van der Waals surface area contributed by atoms with Crippen LogP contribution < -0.4 is 4.74 Å². The Bertz CT molecular complexity index is 435. The summed E-state index contributed by atoms with van der Waals surface area (Å²) in [5, 5.41) is 8.95. The van der Waals surface area contributed by atoms with Gasteiger partial charge in [0.05, 0.1) is 6.20 Å². The number of ether oxygens (including phenoxy) is 1. The molecule has 1 aromatic heterocycles. The zero-order chi connectivity index (χ0) is 12.1. The van der Waals surface area contributed by atoms with E-state index < -0.39 is 5.97 Å². The van der Waals surface area contributed by atoms with Gasteiger partial charge in [-0.05, 0) is 0 Å². The lowest BCUT2D eigenvalue weighted by molar-refractivity contribution is 0.0685. The first-order valence-corrected chi connectivity index (χ1v) is 4.72. The van der Waals surface area contributed by atoms with Crippen LogP contribution in [0.4, 0.5) is 0 Å². The van der Waals surface area contributed by atoms with E-state index in [2.05, 4.69) is 15.9 Å². The number of carboxylic acids is 1. The smallest absolute Gasteiger partial charge is 0.358 e. The lowest BCUT2D eigenvalue weighted by Crippen LogP contribution is -2.10. The van der Waals surface area contributed by atoms with E-state index >= 15 is 0 Å². The topological polar surface area (TPSA) is 72.3 Å². The van der Waals surface area contributed by atoms with Crippen molar-refractivity contribution in [3.63, 3.8) is 0 Å². The minimum absolute atomic E-state index is 0.00926. The molecule has 0 fully saturated rings. The first-order chi connectivity index (χ1) is 7.56. The lowest BCUT2D eigenvalue weighted by atomic mass is 10.2. The number of hydrogen-bond donors (Lipinski definition) is 1. The SMILES string of the molecule is C#CCOc1cnc(C(C)C)nc1C(=O)O. The van der Waals surface area contributed by atoms with Crippen LogP contribution >= 0.6 is 0 Å². The van der Waals surface area contributed by atoms with E-state index in [1.807, 2.05) is 13.8 Å². The van der Waals surface area contributed by atoms with Gasteiger partial charge in [-0.15, -0.1) is 6.42 Å². The van der Waals surface area contributed by atoms with E-state index in [1.165, 1.54) is 6.20 Å². The second-order valence-electron chi connectivity index (χ2n) is 3.39. The van der Waals surface area contributed by atoms with Crippen LogP contribution in [0.1, 0.15) is 36.1 Å². The summed E-state index contributed by atoms with van der Waals surface area (Å²) in [4.78, 5) is 18.9. The average molecular weight is 220 g/mol. The van der Waals surface area contributed by atoms with Crippen molar-refractivity contribution in [3.05, 3.63) is 17.7 Å². The summed E-state index contributed by atoms with van der Waals surface area (Å²) < 4.78 is 5.04. The monoisotopic (exact) mass is 220 g/mol. The Hall–Kier alpha value is -2.09.